The molecule has 1 aliphatic rings. The summed E-state index contributed by atoms with van der Waals surface area (Å²) in [6.07, 6.45) is 8.95. The first-order chi connectivity index (χ1) is 12.3. The molecule has 0 radical (unpaired) electrons. The minimum absolute atomic E-state index is 0.0189. The molecule has 0 aliphatic heterocycles. The largest absolute Gasteiger partial charge is 0.446 e. The molecule has 1 rings (SSSR count). The van der Waals surface area contributed by atoms with Crippen molar-refractivity contribution >= 4 is 6.09 Å². The van der Waals surface area contributed by atoms with Crippen LogP contribution in [0, 0.1) is 0 Å². The molecule has 1 unspecified atom stereocenters. The highest BCUT2D eigenvalue weighted by atomic mass is 16.6. The Morgan fingerprint density at radius 1 is 0.920 bits per heavy atom. The van der Waals surface area contributed by atoms with E-state index < -0.39 is 0 Å². The van der Waals surface area contributed by atoms with Gasteiger partial charge in [0.25, 0.3) is 0 Å². The van der Waals surface area contributed by atoms with Crippen molar-refractivity contribution in [3.63, 3.8) is 0 Å². The third kappa shape index (κ3) is 13.8. The van der Waals surface area contributed by atoms with Crippen LogP contribution < -0.4 is 5.32 Å². The molecule has 0 spiro atoms. The van der Waals surface area contributed by atoms with Gasteiger partial charge in [-0.05, 0) is 32.1 Å². The van der Waals surface area contributed by atoms with Crippen molar-refractivity contribution < 1.29 is 28.5 Å². The van der Waals surface area contributed by atoms with Crippen LogP contribution in [-0.2, 0) is 23.7 Å². The van der Waals surface area contributed by atoms with Gasteiger partial charge in [-0.1, -0.05) is 12.2 Å². The highest BCUT2D eigenvalue weighted by Gasteiger charge is 2.14. The van der Waals surface area contributed by atoms with E-state index in [2.05, 4.69) is 17.5 Å². The fourth-order valence-electron chi connectivity index (χ4n) is 2.35. The molecule has 0 saturated carbocycles. The van der Waals surface area contributed by atoms with Crippen LogP contribution in [0.2, 0.25) is 0 Å². The first-order valence-electron chi connectivity index (χ1n) is 9.14. The van der Waals surface area contributed by atoms with Crippen LogP contribution in [0.3, 0.4) is 0 Å². The molecule has 1 N–H and O–H groups in total. The summed E-state index contributed by atoms with van der Waals surface area (Å²) < 4.78 is 26.3. The van der Waals surface area contributed by atoms with Crippen molar-refractivity contribution in [2.24, 2.45) is 0 Å². The molecule has 1 atom stereocenters. The van der Waals surface area contributed by atoms with Gasteiger partial charge >= 0.3 is 6.09 Å². The number of carbonyl (C=O) groups excluding carboxylic acids is 1. The number of rotatable bonds is 13. The minimum Gasteiger partial charge on any atom is -0.446 e. The molecule has 25 heavy (non-hydrogen) atoms. The molecule has 0 aromatic carbocycles. The molecular weight excluding hydrogens is 326 g/mol. The Morgan fingerprint density at radius 2 is 1.56 bits per heavy atom. The molecule has 0 aromatic heterocycles. The van der Waals surface area contributed by atoms with Crippen LogP contribution in [-0.4, -0.2) is 72.1 Å². The van der Waals surface area contributed by atoms with Crippen molar-refractivity contribution in [3.05, 3.63) is 12.2 Å². The zero-order chi connectivity index (χ0) is 18.0. The van der Waals surface area contributed by atoms with Gasteiger partial charge in [0, 0.05) is 13.7 Å². The van der Waals surface area contributed by atoms with Gasteiger partial charge in [-0.25, -0.2) is 4.79 Å². The summed E-state index contributed by atoms with van der Waals surface area (Å²) in [6.45, 7) is 4.13. The first-order valence-corrected chi connectivity index (χ1v) is 9.14. The van der Waals surface area contributed by atoms with E-state index in [9.17, 15) is 4.79 Å². The van der Waals surface area contributed by atoms with Gasteiger partial charge in [0.05, 0.1) is 46.2 Å². The van der Waals surface area contributed by atoms with Crippen LogP contribution in [0.25, 0.3) is 0 Å². The Kier molecular flexibility index (Phi) is 14.3. The van der Waals surface area contributed by atoms with Gasteiger partial charge in [0.2, 0.25) is 0 Å². The standard InChI is InChI=1S/C18H33NO6/c1-21-11-12-23-15-16-24-14-13-22-10-9-19-18(20)25-17-7-5-3-2-4-6-8-17/h2-3,17H,4-16H2,1H3,(H,19,20)/b3-2-. The normalized spacial score (nSPS) is 19.0. The lowest BCUT2D eigenvalue weighted by atomic mass is 10.0. The van der Waals surface area contributed by atoms with Crippen molar-refractivity contribution in [2.75, 3.05) is 59.9 Å². The van der Waals surface area contributed by atoms with Crippen LogP contribution >= 0.6 is 0 Å². The van der Waals surface area contributed by atoms with E-state index in [1.165, 1.54) is 0 Å². The number of carbonyl (C=O) groups is 1. The number of nitrogens with one attached hydrogen (secondary N) is 1. The van der Waals surface area contributed by atoms with Crippen LogP contribution in [0.4, 0.5) is 4.79 Å². The second-order valence-electron chi connectivity index (χ2n) is 5.76. The number of hydrogen-bond donors (Lipinski definition) is 1. The Hall–Kier alpha value is -1.15. The van der Waals surface area contributed by atoms with Crippen molar-refractivity contribution in [2.45, 2.75) is 38.2 Å². The fourth-order valence-corrected chi connectivity index (χ4v) is 2.35. The molecule has 0 fully saturated rings. The van der Waals surface area contributed by atoms with Gasteiger partial charge in [0.1, 0.15) is 6.10 Å². The number of hydrogen-bond acceptors (Lipinski definition) is 6. The summed E-state index contributed by atoms with van der Waals surface area (Å²) in [5.41, 5.74) is 0. The molecule has 7 nitrogen and oxygen atoms in total. The number of allylic oxidation sites excluding steroid dienone is 2. The average Bonchev–Trinajstić information content (AvgIpc) is 2.58. The lowest BCUT2D eigenvalue weighted by molar-refractivity contribution is 0.00388. The third-order valence-electron chi connectivity index (χ3n) is 3.68. The quantitative estimate of drug-likeness (QED) is 0.402. The number of ether oxygens (including phenoxy) is 5. The maximum Gasteiger partial charge on any atom is 0.407 e. The second kappa shape index (κ2) is 16.3. The number of alkyl carbamates (subject to hydrolysis) is 1. The second-order valence-corrected chi connectivity index (χ2v) is 5.76. The van der Waals surface area contributed by atoms with Gasteiger partial charge in [-0.3, -0.25) is 0 Å². The molecule has 0 saturated heterocycles. The van der Waals surface area contributed by atoms with Gasteiger partial charge in [0.15, 0.2) is 0 Å². The van der Waals surface area contributed by atoms with E-state index in [-0.39, 0.29) is 12.2 Å². The summed E-state index contributed by atoms with van der Waals surface area (Å²) in [6, 6.07) is 0. The summed E-state index contributed by atoms with van der Waals surface area (Å²) in [5, 5.41) is 2.72. The topological polar surface area (TPSA) is 75.3 Å². The smallest absolute Gasteiger partial charge is 0.407 e. The SMILES string of the molecule is COCCOCCOCCOCCNC(=O)OC1CC/C=C\CCC1. The molecule has 1 aliphatic carbocycles. The van der Waals surface area contributed by atoms with Crippen LogP contribution in [0.1, 0.15) is 32.1 Å². The first kappa shape index (κ1) is 21.9. The number of amides is 1. The Bertz CT molecular complexity index is 350. The highest BCUT2D eigenvalue weighted by Crippen LogP contribution is 2.15. The molecule has 0 bridgehead atoms. The molecular formula is C18H33NO6. The molecule has 146 valence electrons. The zero-order valence-corrected chi connectivity index (χ0v) is 15.4. The number of methoxy groups -OCH3 is 1. The highest BCUT2D eigenvalue weighted by molar-refractivity contribution is 5.67. The predicted octanol–water partition coefficient (Wildman–Crippen LogP) is 2.30. The van der Waals surface area contributed by atoms with Crippen molar-refractivity contribution in [3.8, 4) is 0 Å². The predicted molar refractivity (Wildman–Crippen MR) is 94.8 cm³/mol. The third-order valence-corrected chi connectivity index (χ3v) is 3.68. The lowest BCUT2D eigenvalue weighted by Gasteiger charge is -2.18. The monoisotopic (exact) mass is 359 g/mol. The van der Waals surface area contributed by atoms with E-state index >= 15 is 0 Å². The van der Waals surface area contributed by atoms with Gasteiger partial charge in [-0.15, -0.1) is 0 Å². The van der Waals surface area contributed by atoms with Gasteiger partial charge < -0.3 is 29.0 Å². The lowest BCUT2D eigenvalue weighted by Crippen LogP contribution is -2.31. The summed E-state index contributed by atoms with van der Waals surface area (Å²) in [4.78, 5) is 11.7. The average molecular weight is 359 g/mol. The molecule has 0 aromatic rings. The van der Waals surface area contributed by atoms with Crippen molar-refractivity contribution in [1.29, 1.82) is 0 Å². The van der Waals surface area contributed by atoms with Crippen LogP contribution in [0.5, 0.6) is 0 Å². The summed E-state index contributed by atoms with van der Waals surface area (Å²) >= 11 is 0. The van der Waals surface area contributed by atoms with E-state index in [1.54, 1.807) is 7.11 Å². The molecule has 0 heterocycles. The molecule has 7 heteroatoms. The maximum absolute atomic E-state index is 11.7. The fraction of sp³-hybridized carbons (Fsp3) is 0.833. The Labute approximate surface area is 151 Å². The Balaban J connectivity index is 1.85. The van der Waals surface area contributed by atoms with Crippen LogP contribution in [0.15, 0.2) is 12.2 Å². The zero-order valence-electron chi connectivity index (χ0n) is 15.4. The van der Waals surface area contributed by atoms with E-state index in [1.807, 2.05) is 0 Å². The maximum atomic E-state index is 11.7. The van der Waals surface area contributed by atoms with E-state index in [4.69, 9.17) is 23.7 Å². The molecule has 1 amide bonds. The van der Waals surface area contributed by atoms with Crippen molar-refractivity contribution in [1.82, 2.24) is 5.32 Å². The van der Waals surface area contributed by atoms with E-state index in [0.29, 0.717) is 52.8 Å². The summed E-state index contributed by atoms with van der Waals surface area (Å²) in [5.74, 6) is 0. The Morgan fingerprint density at radius 3 is 2.28 bits per heavy atom. The van der Waals surface area contributed by atoms with E-state index in [0.717, 1.165) is 32.1 Å². The van der Waals surface area contributed by atoms with Gasteiger partial charge in [-0.2, -0.15) is 0 Å². The summed E-state index contributed by atoms with van der Waals surface area (Å²) in [7, 11) is 1.64. The minimum atomic E-state index is -0.359.